The fourth-order valence-electron chi connectivity index (χ4n) is 5.86. The van der Waals surface area contributed by atoms with E-state index >= 15 is 0 Å². The van der Waals surface area contributed by atoms with E-state index in [-0.39, 0.29) is 9.87 Å². The van der Waals surface area contributed by atoms with Crippen molar-refractivity contribution in [1.82, 2.24) is 0 Å². The van der Waals surface area contributed by atoms with Crippen molar-refractivity contribution in [3.63, 3.8) is 0 Å². The van der Waals surface area contributed by atoms with E-state index < -0.39 is 19.4 Å². The number of alkyl halides is 1. The molecule has 208 valence electrons. The second kappa shape index (κ2) is 11.6. The second-order valence-corrected chi connectivity index (χ2v) is 18.5. The number of aliphatic imine (C=N–C) groups is 1. The zero-order chi connectivity index (χ0) is 28.5. The smallest absolute Gasteiger partial charge is 0.262 e. The number of allylic oxidation sites excluding steroid dienone is 1. The van der Waals surface area contributed by atoms with Crippen molar-refractivity contribution in [1.29, 1.82) is 0 Å². The summed E-state index contributed by atoms with van der Waals surface area (Å²) in [6, 6.07) is 29.3. The molecule has 1 heterocycles. The molecule has 3 aromatic rings. The largest absolute Gasteiger partial charge is 0.399 e. The maximum atomic E-state index is 7.85. The van der Waals surface area contributed by atoms with Crippen molar-refractivity contribution < 1.29 is 4.43 Å². The van der Waals surface area contributed by atoms with E-state index in [1.54, 1.807) is 0 Å². The van der Waals surface area contributed by atoms with Gasteiger partial charge in [-0.3, -0.25) is 4.99 Å². The minimum Gasteiger partial charge on any atom is -0.399 e. The average Bonchev–Trinajstić information content (AvgIpc) is 3.29. The fourth-order valence-corrected chi connectivity index (χ4v) is 12.6. The van der Waals surface area contributed by atoms with Crippen LogP contribution < -0.4 is 21.8 Å². The Bertz CT molecular complexity index is 1420. The lowest BCUT2D eigenvalue weighted by molar-refractivity contribution is 0.165. The van der Waals surface area contributed by atoms with Crippen molar-refractivity contribution in [3.05, 3.63) is 118 Å². The number of fused-ring (bicyclic) bond motifs is 1. The van der Waals surface area contributed by atoms with E-state index in [0.717, 1.165) is 27.6 Å². The molecule has 0 aromatic heterocycles. The van der Waals surface area contributed by atoms with Crippen LogP contribution in [0.5, 0.6) is 0 Å². The molecule has 5 rings (SSSR count). The van der Waals surface area contributed by atoms with Gasteiger partial charge in [0.2, 0.25) is 0 Å². The lowest BCUT2D eigenvalue weighted by atomic mass is 9.86. The Morgan fingerprint density at radius 2 is 1.57 bits per heavy atom. The second-order valence-electron chi connectivity index (χ2n) is 11.4. The SMILES string of the molecule is CC(C)(C)[Si](OC1(CC(Br)Cc2ccccc2Cl)C=C(N)C=C2SC(N)N=C21)(c1ccccc1)c1ccccc1. The van der Waals surface area contributed by atoms with Gasteiger partial charge in [0.05, 0.1) is 5.71 Å². The molecule has 0 saturated carbocycles. The molecule has 0 amide bonds. The molecule has 3 atom stereocenters. The maximum Gasteiger partial charge on any atom is 0.262 e. The van der Waals surface area contributed by atoms with E-state index in [1.807, 2.05) is 24.3 Å². The van der Waals surface area contributed by atoms with Gasteiger partial charge in [0.15, 0.2) is 0 Å². The van der Waals surface area contributed by atoms with Crippen LogP contribution in [0.2, 0.25) is 10.1 Å². The Morgan fingerprint density at radius 1 is 1.00 bits per heavy atom. The summed E-state index contributed by atoms with van der Waals surface area (Å²) in [4.78, 5) is 5.97. The van der Waals surface area contributed by atoms with E-state index in [1.165, 1.54) is 22.1 Å². The van der Waals surface area contributed by atoms with Gasteiger partial charge in [-0.05, 0) is 52.0 Å². The van der Waals surface area contributed by atoms with Gasteiger partial charge in [0.1, 0.15) is 11.1 Å². The Labute approximate surface area is 256 Å². The molecule has 4 N–H and O–H groups in total. The number of halogens is 2. The monoisotopic (exact) mass is 651 g/mol. The zero-order valence-corrected chi connectivity index (χ0v) is 27.1. The van der Waals surface area contributed by atoms with Crippen LogP contribution in [0.1, 0.15) is 32.8 Å². The third-order valence-electron chi connectivity index (χ3n) is 7.51. The molecular weight excluding hydrogens is 618 g/mol. The van der Waals surface area contributed by atoms with Crippen molar-refractivity contribution in [2.75, 3.05) is 0 Å². The van der Waals surface area contributed by atoms with Gasteiger partial charge in [-0.1, -0.05) is 139 Å². The molecule has 1 aliphatic heterocycles. The van der Waals surface area contributed by atoms with Gasteiger partial charge in [-0.25, -0.2) is 0 Å². The van der Waals surface area contributed by atoms with Gasteiger partial charge < -0.3 is 15.9 Å². The standard InChI is InChI=1S/C32H35BrClN3OSSi/c1-31(2,3)40(25-13-6-4-7-14-25,26-15-8-5-9-16-26)38-32(20-23(33)18-22-12-10-11-17-27(22)34)21-24(35)19-28-29(32)37-30(36)39-28/h4-17,19,21,23,30H,18,20,35-36H2,1-3H3. The molecule has 0 saturated heterocycles. The third-order valence-corrected chi connectivity index (χ3v) is 14.5. The van der Waals surface area contributed by atoms with E-state index in [0.29, 0.717) is 12.1 Å². The van der Waals surface area contributed by atoms with Crippen LogP contribution in [-0.4, -0.2) is 30.0 Å². The number of nitrogens with zero attached hydrogens (tertiary/aromatic N) is 1. The predicted molar refractivity (Wildman–Crippen MR) is 177 cm³/mol. The van der Waals surface area contributed by atoms with Gasteiger partial charge in [0.25, 0.3) is 8.32 Å². The molecule has 0 bridgehead atoms. The van der Waals surface area contributed by atoms with Gasteiger partial charge >= 0.3 is 0 Å². The Morgan fingerprint density at radius 3 is 2.15 bits per heavy atom. The summed E-state index contributed by atoms with van der Waals surface area (Å²) in [6.45, 7) is 6.85. The molecule has 3 unspecified atom stereocenters. The molecule has 1 aliphatic carbocycles. The minimum atomic E-state index is -3.00. The topological polar surface area (TPSA) is 73.6 Å². The van der Waals surface area contributed by atoms with Crippen LogP contribution in [0, 0.1) is 0 Å². The maximum absolute atomic E-state index is 7.85. The van der Waals surface area contributed by atoms with Crippen LogP contribution in [0.3, 0.4) is 0 Å². The summed E-state index contributed by atoms with van der Waals surface area (Å²) >= 11 is 12.1. The fraction of sp³-hybridized carbons (Fsp3) is 0.281. The lowest BCUT2D eigenvalue weighted by Gasteiger charge is -2.50. The highest BCUT2D eigenvalue weighted by molar-refractivity contribution is 9.09. The van der Waals surface area contributed by atoms with Crippen LogP contribution in [0.15, 0.2) is 113 Å². The van der Waals surface area contributed by atoms with Crippen LogP contribution in [-0.2, 0) is 10.8 Å². The summed E-state index contributed by atoms with van der Waals surface area (Å²) in [7, 11) is -3.00. The number of nitrogens with two attached hydrogens (primary N) is 2. The van der Waals surface area contributed by atoms with Gasteiger partial charge in [-0.2, -0.15) is 0 Å². The first kappa shape index (κ1) is 29.4. The van der Waals surface area contributed by atoms with E-state index in [4.69, 9.17) is 32.5 Å². The van der Waals surface area contributed by atoms with Crippen LogP contribution in [0.25, 0.3) is 0 Å². The summed E-state index contributed by atoms with van der Waals surface area (Å²) in [6.07, 6.45) is 5.37. The quantitative estimate of drug-likeness (QED) is 0.215. The number of rotatable bonds is 8. The van der Waals surface area contributed by atoms with Crippen molar-refractivity contribution in [2.45, 2.75) is 54.6 Å². The van der Waals surface area contributed by atoms with E-state index in [2.05, 4.69) is 110 Å². The van der Waals surface area contributed by atoms with Crippen molar-refractivity contribution in [3.8, 4) is 0 Å². The summed E-state index contributed by atoms with van der Waals surface area (Å²) < 4.78 is 7.85. The van der Waals surface area contributed by atoms with E-state index in [9.17, 15) is 0 Å². The Kier molecular flexibility index (Phi) is 8.53. The number of benzene rings is 3. The molecule has 2 aliphatic rings. The number of hydrogen-bond acceptors (Lipinski definition) is 5. The number of hydrogen-bond donors (Lipinski definition) is 2. The Balaban J connectivity index is 1.71. The highest BCUT2D eigenvalue weighted by Crippen LogP contribution is 2.47. The predicted octanol–water partition coefficient (Wildman–Crippen LogP) is 6.52. The summed E-state index contributed by atoms with van der Waals surface area (Å²) in [5.41, 5.74) is 14.3. The molecule has 0 spiro atoms. The first-order chi connectivity index (χ1) is 19.0. The van der Waals surface area contributed by atoms with Crippen molar-refractivity contribution >= 4 is 63.7 Å². The highest BCUT2D eigenvalue weighted by atomic mass is 79.9. The first-order valence-corrected chi connectivity index (χ1v) is 17.5. The first-order valence-electron chi connectivity index (χ1n) is 13.4. The van der Waals surface area contributed by atoms with Crippen molar-refractivity contribution in [2.24, 2.45) is 16.5 Å². The Hall–Kier alpha value is -2.13. The third kappa shape index (κ3) is 5.65. The van der Waals surface area contributed by atoms with Crippen LogP contribution in [0.4, 0.5) is 0 Å². The van der Waals surface area contributed by atoms with Gasteiger partial charge in [-0.15, -0.1) is 0 Å². The lowest BCUT2D eigenvalue weighted by Crippen LogP contribution is -2.70. The molecule has 3 aromatic carbocycles. The molecular formula is C32H35BrClN3OSSi. The zero-order valence-electron chi connectivity index (χ0n) is 23.0. The summed E-state index contributed by atoms with van der Waals surface area (Å²) in [5, 5.41) is 2.92. The molecule has 8 heteroatoms. The molecule has 0 radical (unpaired) electrons. The van der Waals surface area contributed by atoms with Crippen LogP contribution >= 0.6 is 39.3 Å². The normalized spacial score (nSPS) is 21.8. The number of thioether (sulfide) groups is 1. The van der Waals surface area contributed by atoms with Gasteiger partial charge in [0, 0.05) is 20.5 Å². The highest BCUT2D eigenvalue weighted by Gasteiger charge is 2.57. The minimum absolute atomic E-state index is 0.0264. The summed E-state index contributed by atoms with van der Waals surface area (Å²) in [5.74, 6) is 0. The average molecular weight is 653 g/mol. The molecule has 4 nitrogen and oxygen atoms in total. The molecule has 40 heavy (non-hydrogen) atoms. The molecule has 0 fully saturated rings.